The number of rotatable bonds is 4. The molecule has 6 nitrogen and oxygen atoms in total. The average Bonchev–Trinajstić information content (AvgIpc) is 3.09. The number of amidine groups is 1. The molecule has 136 valence electrons. The van der Waals surface area contributed by atoms with Gasteiger partial charge in [0, 0.05) is 34.5 Å². The monoisotopic (exact) mass is 362 g/mol. The van der Waals surface area contributed by atoms with Crippen molar-refractivity contribution in [3.8, 4) is 11.5 Å². The third-order valence-electron chi connectivity index (χ3n) is 4.33. The SMILES string of the molecule is COc1cc(N=C(NO)c2ccc3oc4ccccc4c3c2)cc(OC)c1. The van der Waals surface area contributed by atoms with Crippen molar-refractivity contribution in [2.24, 2.45) is 4.99 Å². The quantitative estimate of drug-likeness (QED) is 0.314. The number of hydrogen-bond acceptors (Lipinski definition) is 5. The number of para-hydroxylation sites is 1. The zero-order valence-corrected chi connectivity index (χ0v) is 14.9. The Hall–Kier alpha value is -3.51. The predicted molar refractivity (Wildman–Crippen MR) is 104 cm³/mol. The van der Waals surface area contributed by atoms with E-state index in [0.29, 0.717) is 23.0 Å². The minimum Gasteiger partial charge on any atom is -0.497 e. The predicted octanol–water partition coefficient (Wildman–Crippen LogP) is 4.66. The summed E-state index contributed by atoms with van der Waals surface area (Å²) in [7, 11) is 3.15. The second-order valence-corrected chi connectivity index (χ2v) is 5.95. The van der Waals surface area contributed by atoms with Crippen LogP contribution in [0.4, 0.5) is 5.69 Å². The molecule has 0 amide bonds. The van der Waals surface area contributed by atoms with Crippen LogP contribution < -0.4 is 15.0 Å². The van der Waals surface area contributed by atoms with Crippen LogP contribution >= 0.6 is 0 Å². The smallest absolute Gasteiger partial charge is 0.157 e. The molecule has 4 rings (SSSR count). The number of ether oxygens (including phenoxy) is 2. The zero-order valence-electron chi connectivity index (χ0n) is 14.9. The van der Waals surface area contributed by atoms with Crippen molar-refractivity contribution in [1.29, 1.82) is 0 Å². The third kappa shape index (κ3) is 3.18. The van der Waals surface area contributed by atoms with Crippen LogP contribution in [-0.2, 0) is 0 Å². The fourth-order valence-electron chi connectivity index (χ4n) is 3.01. The lowest BCUT2D eigenvalue weighted by Crippen LogP contribution is -2.19. The molecule has 1 heterocycles. The Bertz CT molecular complexity index is 1130. The molecule has 4 aromatic rings. The number of hydrogen-bond donors (Lipinski definition) is 2. The Labute approximate surface area is 155 Å². The molecular formula is C21H18N2O4. The maximum atomic E-state index is 9.66. The fraction of sp³-hybridized carbons (Fsp3) is 0.0952. The van der Waals surface area contributed by atoms with E-state index in [4.69, 9.17) is 13.9 Å². The molecule has 0 bridgehead atoms. The van der Waals surface area contributed by atoms with Gasteiger partial charge in [0.05, 0.1) is 19.9 Å². The van der Waals surface area contributed by atoms with Crippen LogP contribution in [0.1, 0.15) is 5.56 Å². The molecule has 1 aromatic heterocycles. The van der Waals surface area contributed by atoms with E-state index in [1.54, 1.807) is 32.4 Å². The van der Waals surface area contributed by atoms with Crippen LogP contribution in [-0.4, -0.2) is 25.3 Å². The van der Waals surface area contributed by atoms with Crippen LogP contribution in [0.25, 0.3) is 21.9 Å². The van der Waals surface area contributed by atoms with Crippen molar-refractivity contribution >= 4 is 33.5 Å². The first kappa shape index (κ1) is 16.9. The second-order valence-electron chi connectivity index (χ2n) is 5.95. The van der Waals surface area contributed by atoms with Crippen molar-refractivity contribution in [1.82, 2.24) is 5.48 Å². The molecule has 0 saturated heterocycles. The Kier molecular flexibility index (Phi) is 4.40. The van der Waals surface area contributed by atoms with E-state index in [1.165, 1.54) is 0 Å². The number of benzene rings is 3. The third-order valence-corrected chi connectivity index (χ3v) is 4.33. The first-order valence-corrected chi connectivity index (χ1v) is 8.35. The fourth-order valence-corrected chi connectivity index (χ4v) is 3.01. The highest BCUT2D eigenvalue weighted by molar-refractivity contribution is 6.09. The largest absolute Gasteiger partial charge is 0.497 e. The van der Waals surface area contributed by atoms with Gasteiger partial charge in [-0.3, -0.25) is 10.7 Å². The molecule has 0 fully saturated rings. The van der Waals surface area contributed by atoms with Crippen LogP contribution in [0.15, 0.2) is 70.1 Å². The molecule has 3 aromatic carbocycles. The van der Waals surface area contributed by atoms with E-state index >= 15 is 0 Å². The molecule has 2 N–H and O–H groups in total. The zero-order chi connectivity index (χ0) is 18.8. The van der Waals surface area contributed by atoms with E-state index in [0.717, 1.165) is 27.5 Å². The van der Waals surface area contributed by atoms with E-state index in [2.05, 4.69) is 10.5 Å². The van der Waals surface area contributed by atoms with Gasteiger partial charge in [-0.05, 0) is 24.3 Å². The number of furan rings is 1. The summed E-state index contributed by atoms with van der Waals surface area (Å²) < 4.78 is 16.4. The number of fused-ring (bicyclic) bond motifs is 3. The van der Waals surface area contributed by atoms with Crippen LogP contribution in [0.5, 0.6) is 11.5 Å². The normalized spacial score (nSPS) is 11.7. The number of nitrogens with one attached hydrogen (secondary N) is 1. The van der Waals surface area contributed by atoms with Gasteiger partial charge in [0.15, 0.2) is 5.84 Å². The highest BCUT2D eigenvalue weighted by Gasteiger charge is 2.11. The Morgan fingerprint density at radius 1 is 0.889 bits per heavy atom. The Morgan fingerprint density at radius 3 is 2.30 bits per heavy atom. The highest BCUT2D eigenvalue weighted by Crippen LogP contribution is 2.31. The van der Waals surface area contributed by atoms with E-state index < -0.39 is 0 Å². The summed E-state index contributed by atoms with van der Waals surface area (Å²) in [6, 6.07) is 18.7. The summed E-state index contributed by atoms with van der Waals surface area (Å²) in [5.74, 6) is 1.53. The summed E-state index contributed by atoms with van der Waals surface area (Å²) in [5, 5.41) is 11.6. The lowest BCUT2D eigenvalue weighted by molar-refractivity contribution is 0.235. The molecule has 27 heavy (non-hydrogen) atoms. The van der Waals surface area contributed by atoms with E-state index in [9.17, 15) is 5.21 Å². The molecule has 0 unspecified atom stereocenters. The summed E-state index contributed by atoms with van der Waals surface area (Å²) in [6.45, 7) is 0. The molecular weight excluding hydrogens is 344 g/mol. The van der Waals surface area contributed by atoms with Crippen molar-refractivity contribution in [2.45, 2.75) is 0 Å². The van der Waals surface area contributed by atoms with Crippen molar-refractivity contribution in [2.75, 3.05) is 14.2 Å². The number of nitrogens with zero attached hydrogens (tertiary/aromatic N) is 1. The molecule has 0 spiro atoms. The van der Waals surface area contributed by atoms with Gasteiger partial charge in [0.2, 0.25) is 0 Å². The van der Waals surface area contributed by atoms with Gasteiger partial charge in [-0.1, -0.05) is 18.2 Å². The molecule has 0 atom stereocenters. The summed E-state index contributed by atoms with van der Waals surface area (Å²) in [6.07, 6.45) is 0. The molecule has 0 saturated carbocycles. The lowest BCUT2D eigenvalue weighted by atomic mass is 10.1. The van der Waals surface area contributed by atoms with Crippen molar-refractivity contribution < 1.29 is 19.1 Å². The second kappa shape index (κ2) is 7.01. The minimum atomic E-state index is 0.303. The van der Waals surface area contributed by atoms with Gasteiger partial charge >= 0.3 is 0 Å². The molecule has 0 aliphatic heterocycles. The number of aliphatic imine (C=N–C) groups is 1. The van der Waals surface area contributed by atoms with Crippen LogP contribution in [0.2, 0.25) is 0 Å². The maximum absolute atomic E-state index is 9.66. The maximum Gasteiger partial charge on any atom is 0.157 e. The van der Waals surface area contributed by atoms with Crippen molar-refractivity contribution in [3.05, 3.63) is 66.2 Å². The van der Waals surface area contributed by atoms with Crippen LogP contribution in [0.3, 0.4) is 0 Å². The van der Waals surface area contributed by atoms with Gasteiger partial charge in [-0.15, -0.1) is 0 Å². The summed E-state index contributed by atoms with van der Waals surface area (Å²) in [4.78, 5) is 4.50. The molecule has 6 heteroatoms. The van der Waals surface area contributed by atoms with Gasteiger partial charge in [-0.2, -0.15) is 0 Å². The highest BCUT2D eigenvalue weighted by atomic mass is 16.5. The van der Waals surface area contributed by atoms with Gasteiger partial charge in [-0.25, -0.2) is 4.99 Å². The standard InChI is InChI=1S/C21H18N2O4/c1-25-15-10-14(11-16(12-15)26-2)22-21(23-24)13-7-8-20-18(9-13)17-5-3-4-6-19(17)27-20/h3-12,24H,1-2H3,(H,22,23). The molecule has 0 radical (unpaired) electrons. The first-order chi connectivity index (χ1) is 13.2. The van der Waals surface area contributed by atoms with Crippen molar-refractivity contribution in [3.63, 3.8) is 0 Å². The molecule has 0 aliphatic carbocycles. The number of methoxy groups -OCH3 is 2. The van der Waals surface area contributed by atoms with Crippen LogP contribution in [0, 0.1) is 0 Å². The average molecular weight is 362 g/mol. The summed E-state index contributed by atoms with van der Waals surface area (Å²) in [5.41, 5.74) is 5.08. The number of hydroxylamine groups is 1. The topological polar surface area (TPSA) is 76.2 Å². The molecule has 0 aliphatic rings. The first-order valence-electron chi connectivity index (χ1n) is 8.35. The Balaban J connectivity index is 1.82. The minimum absolute atomic E-state index is 0.303. The lowest BCUT2D eigenvalue weighted by Gasteiger charge is -2.08. The summed E-state index contributed by atoms with van der Waals surface area (Å²) >= 11 is 0. The van der Waals surface area contributed by atoms with E-state index in [-0.39, 0.29) is 0 Å². The van der Waals surface area contributed by atoms with Gasteiger partial charge in [0.1, 0.15) is 22.7 Å². The van der Waals surface area contributed by atoms with Gasteiger partial charge in [0.25, 0.3) is 0 Å². The van der Waals surface area contributed by atoms with Gasteiger partial charge < -0.3 is 13.9 Å². The van der Waals surface area contributed by atoms with E-state index in [1.807, 2.05) is 42.5 Å². The Morgan fingerprint density at radius 2 is 1.59 bits per heavy atom.